The van der Waals surface area contributed by atoms with Crippen LogP contribution in [0.25, 0.3) is 11.5 Å². The number of furan rings is 1. The molecule has 8 heteroatoms. The van der Waals surface area contributed by atoms with Gasteiger partial charge in [-0.15, -0.1) is 0 Å². The van der Waals surface area contributed by atoms with Crippen LogP contribution >= 0.6 is 0 Å². The maximum atomic E-state index is 12.7. The number of aryl methyl sites for hydroxylation is 1. The van der Waals surface area contributed by atoms with E-state index in [2.05, 4.69) is 25.3 Å². The Labute approximate surface area is 162 Å². The third kappa shape index (κ3) is 3.90. The van der Waals surface area contributed by atoms with E-state index in [4.69, 9.17) is 8.94 Å². The molecular weight excluding hydrogens is 358 g/mol. The van der Waals surface area contributed by atoms with Gasteiger partial charge in [0.15, 0.2) is 5.82 Å². The lowest BCUT2D eigenvalue weighted by Crippen LogP contribution is -2.43. The Bertz CT molecular complexity index is 920. The summed E-state index contributed by atoms with van der Waals surface area (Å²) in [5, 5.41) is 6.85. The third-order valence-electron chi connectivity index (χ3n) is 4.97. The van der Waals surface area contributed by atoms with E-state index in [1.165, 1.54) is 0 Å². The lowest BCUT2D eigenvalue weighted by Gasteiger charge is -2.33. The van der Waals surface area contributed by atoms with Crippen LogP contribution in [0.15, 0.2) is 45.7 Å². The number of nitrogens with zero attached hydrogens (tertiary/aromatic N) is 4. The first kappa shape index (κ1) is 18.2. The van der Waals surface area contributed by atoms with Crippen LogP contribution in [0.4, 0.5) is 5.82 Å². The van der Waals surface area contributed by atoms with Gasteiger partial charge >= 0.3 is 0 Å². The van der Waals surface area contributed by atoms with Crippen molar-refractivity contribution in [1.29, 1.82) is 0 Å². The Hall–Kier alpha value is -3.16. The van der Waals surface area contributed by atoms with Crippen molar-refractivity contribution < 1.29 is 13.7 Å². The minimum atomic E-state index is -0.145. The Morgan fingerprint density at radius 3 is 2.93 bits per heavy atom. The van der Waals surface area contributed by atoms with E-state index in [-0.39, 0.29) is 17.9 Å². The smallest absolute Gasteiger partial charge is 0.259 e. The summed E-state index contributed by atoms with van der Waals surface area (Å²) in [7, 11) is 0. The maximum absolute atomic E-state index is 12.7. The zero-order valence-corrected chi connectivity index (χ0v) is 16.0. The average Bonchev–Trinajstić information content (AvgIpc) is 3.40. The van der Waals surface area contributed by atoms with Gasteiger partial charge in [0.2, 0.25) is 5.91 Å². The zero-order valence-electron chi connectivity index (χ0n) is 16.0. The van der Waals surface area contributed by atoms with Crippen LogP contribution < -0.4 is 10.2 Å². The molecule has 0 aromatic carbocycles. The molecule has 0 radical (unpaired) electrons. The highest BCUT2D eigenvalue weighted by Gasteiger charge is 2.28. The van der Waals surface area contributed by atoms with E-state index in [0.29, 0.717) is 18.3 Å². The molecular formula is C20H23N5O3. The molecule has 2 unspecified atom stereocenters. The van der Waals surface area contributed by atoms with Gasteiger partial charge in [0.25, 0.3) is 5.89 Å². The fourth-order valence-corrected chi connectivity index (χ4v) is 3.45. The van der Waals surface area contributed by atoms with Crippen LogP contribution in [-0.2, 0) is 4.79 Å². The topological polar surface area (TPSA) is 97.3 Å². The minimum absolute atomic E-state index is 0.0477. The summed E-state index contributed by atoms with van der Waals surface area (Å²) < 4.78 is 10.5. The summed E-state index contributed by atoms with van der Waals surface area (Å²) in [4.78, 5) is 23.6. The normalized spacial score (nSPS) is 18.1. The number of anilines is 1. The first-order chi connectivity index (χ1) is 13.6. The van der Waals surface area contributed by atoms with Crippen LogP contribution in [0, 0.1) is 12.8 Å². The Morgan fingerprint density at radius 2 is 2.25 bits per heavy atom. The van der Waals surface area contributed by atoms with Gasteiger partial charge in [-0.3, -0.25) is 4.79 Å². The summed E-state index contributed by atoms with van der Waals surface area (Å²) in [6.07, 6.45) is 5.16. The number of carbonyl (C=O) groups is 1. The first-order valence-electron chi connectivity index (χ1n) is 9.45. The lowest BCUT2D eigenvalue weighted by atomic mass is 9.96. The van der Waals surface area contributed by atoms with Crippen LogP contribution in [0.2, 0.25) is 0 Å². The highest BCUT2D eigenvalue weighted by Crippen LogP contribution is 2.25. The summed E-state index contributed by atoms with van der Waals surface area (Å²) in [6.45, 7) is 5.23. The molecule has 0 spiro atoms. The molecule has 1 aliphatic rings. The molecule has 8 nitrogen and oxygen atoms in total. The molecule has 1 amide bonds. The van der Waals surface area contributed by atoms with Crippen molar-refractivity contribution in [3.63, 3.8) is 0 Å². The molecule has 28 heavy (non-hydrogen) atoms. The number of piperidine rings is 1. The Balaban J connectivity index is 1.40. The predicted octanol–water partition coefficient (Wildman–Crippen LogP) is 3.13. The van der Waals surface area contributed by atoms with Gasteiger partial charge in [-0.05, 0) is 51.0 Å². The average molecular weight is 381 g/mol. The van der Waals surface area contributed by atoms with Gasteiger partial charge in [0.1, 0.15) is 11.6 Å². The molecule has 0 aliphatic carbocycles. The standard InChI is InChI=1S/C20H23N5O3/c1-13(17-6-4-10-27-17)22-19(26)16-5-3-9-25(12-16)18-8-7-15(11-21-18)20-23-14(2)24-28-20/h4,6-8,10-11,13,16H,3,5,9,12H2,1-2H3,(H,22,26). The molecule has 2 atom stereocenters. The summed E-state index contributed by atoms with van der Waals surface area (Å²) in [5.41, 5.74) is 0.780. The first-order valence-corrected chi connectivity index (χ1v) is 9.45. The number of pyridine rings is 1. The highest BCUT2D eigenvalue weighted by molar-refractivity contribution is 5.80. The van der Waals surface area contributed by atoms with Gasteiger partial charge in [0, 0.05) is 19.3 Å². The maximum Gasteiger partial charge on any atom is 0.259 e. The second-order valence-corrected chi connectivity index (χ2v) is 7.08. The molecule has 3 aromatic rings. The molecule has 0 saturated carbocycles. The molecule has 1 fully saturated rings. The van der Waals surface area contributed by atoms with E-state index in [1.807, 2.05) is 31.2 Å². The fourth-order valence-electron chi connectivity index (χ4n) is 3.45. The molecule has 0 bridgehead atoms. The molecule has 1 N–H and O–H groups in total. The molecule has 1 aliphatic heterocycles. The SMILES string of the molecule is Cc1noc(-c2ccc(N3CCCC(C(=O)NC(C)c4ccco4)C3)nc2)n1. The molecule has 4 heterocycles. The van der Waals surface area contributed by atoms with Crippen molar-refractivity contribution in [1.82, 2.24) is 20.4 Å². The van der Waals surface area contributed by atoms with Crippen molar-refractivity contribution >= 4 is 11.7 Å². The number of hydrogen-bond donors (Lipinski definition) is 1. The third-order valence-corrected chi connectivity index (χ3v) is 4.97. The molecule has 3 aromatic heterocycles. The second-order valence-electron chi connectivity index (χ2n) is 7.08. The number of aromatic nitrogens is 3. The van der Waals surface area contributed by atoms with Crippen LogP contribution in [0.1, 0.15) is 37.4 Å². The predicted molar refractivity (Wildman–Crippen MR) is 102 cm³/mol. The largest absolute Gasteiger partial charge is 0.467 e. The van der Waals surface area contributed by atoms with Gasteiger partial charge < -0.3 is 19.2 Å². The van der Waals surface area contributed by atoms with Crippen molar-refractivity contribution in [2.45, 2.75) is 32.7 Å². The number of hydrogen-bond acceptors (Lipinski definition) is 7. The molecule has 1 saturated heterocycles. The highest BCUT2D eigenvalue weighted by atomic mass is 16.5. The number of amides is 1. The summed E-state index contributed by atoms with van der Waals surface area (Å²) in [5.74, 6) is 2.62. The van der Waals surface area contributed by atoms with Gasteiger partial charge in [0.05, 0.1) is 23.8 Å². The number of nitrogens with one attached hydrogen (secondary N) is 1. The lowest BCUT2D eigenvalue weighted by molar-refractivity contribution is -0.126. The van der Waals surface area contributed by atoms with E-state index in [0.717, 1.165) is 36.5 Å². The van der Waals surface area contributed by atoms with E-state index >= 15 is 0 Å². The zero-order chi connectivity index (χ0) is 19.5. The van der Waals surface area contributed by atoms with Crippen molar-refractivity contribution in [3.05, 3.63) is 48.3 Å². The van der Waals surface area contributed by atoms with Crippen molar-refractivity contribution in [3.8, 4) is 11.5 Å². The quantitative estimate of drug-likeness (QED) is 0.725. The van der Waals surface area contributed by atoms with Gasteiger partial charge in [-0.2, -0.15) is 4.98 Å². The number of carbonyl (C=O) groups excluding carboxylic acids is 1. The molecule has 146 valence electrons. The fraction of sp³-hybridized carbons (Fsp3) is 0.400. The van der Waals surface area contributed by atoms with E-state index in [9.17, 15) is 4.79 Å². The van der Waals surface area contributed by atoms with Crippen molar-refractivity contribution in [2.24, 2.45) is 5.92 Å². The van der Waals surface area contributed by atoms with E-state index in [1.54, 1.807) is 19.4 Å². The Morgan fingerprint density at radius 1 is 1.36 bits per heavy atom. The monoisotopic (exact) mass is 381 g/mol. The summed E-state index contributed by atoms with van der Waals surface area (Å²) >= 11 is 0. The molecule has 4 rings (SSSR count). The Kier molecular flexibility index (Phi) is 5.10. The van der Waals surface area contributed by atoms with E-state index < -0.39 is 0 Å². The van der Waals surface area contributed by atoms with Gasteiger partial charge in [-0.1, -0.05) is 5.16 Å². The van der Waals surface area contributed by atoms with Gasteiger partial charge in [-0.25, -0.2) is 4.98 Å². The van der Waals surface area contributed by atoms with Crippen molar-refractivity contribution in [2.75, 3.05) is 18.0 Å². The summed E-state index contributed by atoms with van der Waals surface area (Å²) in [6, 6.07) is 7.39. The number of rotatable bonds is 5. The van der Waals surface area contributed by atoms with Crippen LogP contribution in [0.3, 0.4) is 0 Å². The second kappa shape index (κ2) is 7.84. The minimum Gasteiger partial charge on any atom is -0.467 e. The van der Waals surface area contributed by atoms with Crippen LogP contribution in [0.5, 0.6) is 0 Å². The van der Waals surface area contributed by atoms with Crippen LogP contribution in [-0.4, -0.2) is 34.1 Å².